The number of nitrogen functional groups attached to an aromatic ring is 1. The minimum atomic E-state index is 0.486. The van der Waals surface area contributed by atoms with Crippen LogP contribution in [0.4, 0.5) is 17.3 Å². The van der Waals surface area contributed by atoms with E-state index in [0.717, 1.165) is 17.7 Å². The van der Waals surface area contributed by atoms with Crippen LogP contribution in [-0.4, -0.2) is 17.1 Å². The van der Waals surface area contributed by atoms with Crippen LogP contribution < -0.4 is 15.8 Å². The van der Waals surface area contributed by atoms with Crippen molar-refractivity contribution < 1.29 is 4.74 Å². The molecule has 0 aliphatic carbocycles. The molecule has 0 atom stereocenters. The van der Waals surface area contributed by atoms with Gasteiger partial charge in [0, 0.05) is 11.3 Å². The number of aromatic nitrogens is 2. The monoisotopic (exact) mass is 278 g/mol. The lowest BCUT2D eigenvalue weighted by Crippen LogP contribution is -2.04. The number of nitrogens with two attached hydrogens (primary N) is 1. The maximum Gasteiger partial charge on any atom is 0.139 e. The molecule has 0 saturated carbocycles. The number of rotatable bonds is 4. The SMILES string of the molecule is CCc1c(N)ncnc1Nc1ccc(OC)c(Cl)c1. The van der Waals surface area contributed by atoms with Gasteiger partial charge in [0.2, 0.25) is 0 Å². The summed E-state index contributed by atoms with van der Waals surface area (Å²) in [5.41, 5.74) is 7.53. The zero-order valence-electron chi connectivity index (χ0n) is 10.8. The van der Waals surface area contributed by atoms with Gasteiger partial charge in [0.15, 0.2) is 0 Å². The maximum atomic E-state index is 6.08. The fourth-order valence-corrected chi connectivity index (χ4v) is 2.02. The summed E-state index contributed by atoms with van der Waals surface area (Å²) in [7, 11) is 1.58. The highest BCUT2D eigenvalue weighted by molar-refractivity contribution is 6.32. The van der Waals surface area contributed by atoms with Gasteiger partial charge in [-0.05, 0) is 24.6 Å². The van der Waals surface area contributed by atoms with Crippen molar-refractivity contribution in [1.82, 2.24) is 9.97 Å². The third kappa shape index (κ3) is 2.88. The largest absolute Gasteiger partial charge is 0.495 e. The Kier molecular flexibility index (Phi) is 4.06. The Morgan fingerprint density at radius 3 is 2.79 bits per heavy atom. The normalized spacial score (nSPS) is 10.3. The van der Waals surface area contributed by atoms with Gasteiger partial charge in [-0.1, -0.05) is 18.5 Å². The number of hydrogen-bond donors (Lipinski definition) is 2. The van der Waals surface area contributed by atoms with Gasteiger partial charge in [-0.15, -0.1) is 0 Å². The van der Waals surface area contributed by atoms with Gasteiger partial charge in [-0.3, -0.25) is 0 Å². The summed E-state index contributed by atoms with van der Waals surface area (Å²) in [6.45, 7) is 2.00. The molecule has 0 saturated heterocycles. The van der Waals surface area contributed by atoms with Crippen molar-refractivity contribution in [1.29, 1.82) is 0 Å². The molecule has 0 aliphatic rings. The van der Waals surface area contributed by atoms with E-state index in [2.05, 4.69) is 15.3 Å². The van der Waals surface area contributed by atoms with Crippen LogP contribution in [0.25, 0.3) is 0 Å². The molecule has 0 fully saturated rings. The van der Waals surface area contributed by atoms with Crippen molar-refractivity contribution in [3.8, 4) is 5.75 Å². The smallest absolute Gasteiger partial charge is 0.139 e. The van der Waals surface area contributed by atoms with E-state index in [1.54, 1.807) is 19.2 Å². The molecule has 1 aromatic carbocycles. The van der Waals surface area contributed by atoms with Crippen molar-refractivity contribution in [3.63, 3.8) is 0 Å². The Hall–Kier alpha value is -2.01. The predicted octanol–water partition coefficient (Wildman–Crippen LogP) is 3.03. The molecule has 0 amide bonds. The molecule has 100 valence electrons. The summed E-state index contributed by atoms with van der Waals surface area (Å²) in [6, 6.07) is 5.43. The first kappa shape index (κ1) is 13.4. The Labute approximate surface area is 116 Å². The summed E-state index contributed by atoms with van der Waals surface area (Å²) >= 11 is 6.08. The quantitative estimate of drug-likeness (QED) is 0.899. The van der Waals surface area contributed by atoms with Crippen LogP contribution in [0, 0.1) is 0 Å². The van der Waals surface area contributed by atoms with E-state index in [1.165, 1.54) is 6.33 Å². The standard InChI is InChI=1S/C13H15ClN4O/c1-3-9-12(15)16-7-17-13(9)18-8-4-5-11(19-2)10(14)6-8/h4-7H,3H2,1-2H3,(H3,15,16,17,18). The molecular formula is C13H15ClN4O. The molecule has 1 heterocycles. The van der Waals surface area contributed by atoms with Crippen molar-refractivity contribution >= 4 is 28.9 Å². The highest BCUT2D eigenvalue weighted by atomic mass is 35.5. The minimum absolute atomic E-state index is 0.486. The lowest BCUT2D eigenvalue weighted by molar-refractivity contribution is 0.415. The molecule has 0 aliphatic heterocycles. The summed E-state index contributed by atoms with van der Waals surface area (Å²) in [5.74, 6) is 1.81. The van der Waals surface area contributed by atoms with E-state index in [1.807, 2.05) is 13.0 Å². The molecule has 0 spiro atoms. The molecule has 6 heteroatoms. The second-order valence-electron chi connectivity index (χ2n) is 3.91. The fourth-order valence-electron chi connectivity index (χ4n) is 1.76. The van der Waals surface area contributed by atoms with Crippen molar-refractivity contribution in [2.75, 3.05) is 18.2 Å². The predicted molar refractivity (Wildman–Crippen MR) is 77.1 cm³/mol. The number of ether oxygens (including phenoxy) is 1. The number of halogens is 1. The van der Waals surface area contributed by atoms with Gasteiger partial charge < -0.3 is 15.8 Å². The Morgan fingerprint density at radius 1 is 1.37 bits per heavy atom. The van der Waals surface area contributed by atoms with E-state index < -0.39 is 0 Å². The third-order valence-electron chi connectivity index (χ3n) is 2.75. The zero-order chi connectivity index (χ0) is 13.8. The molecule has 5 nitrogen and oxygen atoms in total. The molecule has 2 aromatic rings. The minimum Gasteiger partial charge on any atom is -0.495 e. The highest BCUT2D eigenvalue weighted by Gasteiger charge is 2.08. The van der Waals surface area contributed by atoms with Gasteiger partial charge >= 0.3 is 0 Å². The summed E-state index contributed by atoms with van der Waals surface area (Å²) < 4.78 is 5.11. The van der Waals surface area contributed by atoms with E-state index in [4.69, 9.17) is 22.1 Å². The first-order valence-electron chi connectivity index (χ1n) is 5.85. The Morgan fingerprint density at radius 2 is 2.16 bits per heavy atom. The molecule has 0 bridgehead atoms. The summed E-state index contributed by atoms with van der Waals surface area (Å²) in [4.78, 5) is 8.18. The average molecular weight is 279 g/mol. The number of methoxy groups -OCH3 is 1. The molecule has 0 unspecified atom stereocenters. The van der Waals surface area contributed by atoms with Crippen LogP contribution in [-0.2, 0) is 6.42 Å². The molecule has 2 rings (SSSR count). The fraction of sp³-hybridized carbons (Fsp3) is 0.231. The second kappa shape index (κ2) is 5.75. The second-order valence-corrected chi connectivity index (χ2v) is 4.32. The molecule has 19 heavy (non-hydrogen) atoms. The van der Waals surface area contributed by atoms with Crippen molar-refractivity contribution in [3.05, 3.63) is 35.1 Å². The third-order valence-corrected chi connectivity index (χ3v) is 3.04. The van der Waals surface area contributed by atoms with Crippen molar-refractivity contribution in [2.45, 2.75) is 13.3 Å². The van der Waals surface area contributed by atoms with Gasteiger partial charge in [-0.2, -0.15) is 0 Å². The van der Waals surface area contributed by atoms with E-state index >= 15 is 0 Å². The maximum absolute atomic E-state index is 6.08. The molecule has 3 N–H and O–H groups in total. The van der Waals surface area contributed by atoms with Crippen LogP contribution in [0.5, 0.6) is 5.75 Å². The summed E-state index contributed by atoms with van der Waals surface area (Å²) in [5, 5.41) is 3.72. The first-order valence-corrected chi connectivity index (χ1v) is 6.23. The zero-order valence-corrected chi connectivity index (χ0v) is 11.5. The number of benzene rings is 1. The van der Waals surface area contributed by atoms with Crippen LogP contribution in [0.2, 0.25) is 5.02 Å². The van der Waals surface area contributed by atoms with Gasteiger partial charge in [0.1, 0.15) is 23.7 Å². The average Bonchev–Trinajstić information content (AvgIpc) is 2.39. The van der Waals surface area contributed by atoms with E-state index in [9.17, 15) is 0 Å². The van der Waals surface area contributed by atoms with Gasteiger partial charge in [0.05, 0.1) is 12.1 Å². The summed E-state index contributed by atoms with van der Waals surface area (Å²) in [6.07, 6.45) is 2.18. The lowest BCUT2D eigenvalue weighted by atomic mass is 10.2. The van der Waals surface area contributed by atoms with Gasteiger partial charge in [0.25, 0.3) is 0 Å². The topological polar surface area (TPSA) is 73.1 Å². The first-order chi connectivity index (χ1) is 9.15. The van der Waals surface area contributed by atoms with Crippen LogP contribution in [0.15, 0.2) is 24.5 Å². The molecule has 1 aromatic heterocycles. The van der Waals surface area contributed by atoms with E-state index in [0.29, 0.717) is 22.4 Å². The van der Waals surface area contributed by atoms with Crippen molar-refractivity contribution in [2.24, 2.45) is 0 Å². The van der Waals surface area contributed by atoms with E-state index in [-0.39, 0.29) is 0 Å². The van der Waals surface area contributed by atoms with Crippen LogP contribution in [0.1, 0.15) is 12.5 Å². The molecular weight excluding hydrogens is 264 g/mol. The number of anilines is 3. The number of nitrogens with zero attached hydrogens (tertiary/aromatic N) is 2. The van der Waals surface area contributed by atoms with Crippen LogP contribution >= 0.6 is 11.6 Å². The highest BCUT2D eigenvalue weighted by Crippen LogP contribution is 2.29. The van der Waals surface area contributed by atoms with Crippen LogP contribution in [0.3, 0.4) is 0 Å². The Bertz CT molecular complexity index is 589. The van der Waals surface area contributed by atoms with Gasteiger partial charge in [-0.25, -0.2) is 9.97 Å². The number of hydrogen-bond acceptors (Lipinski definition) is 5. The molecule has 0 radical (unpaired) electrons. The lowest BCUT2D eigenvalue weighted by Gasteiger charge is -2.12. The number of nitrogens with one attached hydrogen (secondary N) is 1. The Balaban J connectivity index is 2.31.